The summed E-state index contributed by atoms with van der Waals surface area (Å²) in [4.78, 5) is 4.29. The van der Waals surface area contributed by atoms with E-state index in [9.17, 15) is 0 Å². The molecule has 0 aromatic carbocycles. The van der Waals surface area contributed by atoms with E-state index in [0.717, 1.165) is 23.1 Å². The molecule has 0 radical (unpaired) electrons. The summed E-state index contributed by atoms with van der Waals surface area (Å²) in [6, 6.07) is 3.78. The topological polar surface area (TPSA) is 63.6 Å². The van der Waals surface area contributed by atoms with Crippen molar-refractivity contribution in [2.75, 3.05) is 5.32 Å². The first-order valence-electron chi connectivity index (χ1n) is 4.71. The van der Waals surface area contributed by atoms with Crippen molar-refractivity contribution < 1.29 is 0 Å². The van der Waals surface area contributed by atoms with E-state index in [1.165, 1.54) is 11.5 Å². The van der Waals surface area contributed by atoms with Crippen LogP contribution in [0.25, 0.3) is 0 Å². The molecule has 1 N–H and O–H groups in total. The van der Waals surface area contributed by atoms with Gasteiger partial charge in [-0.3, -0.25) is 0 Å². The molecule has 0 spiro atoms. The number of rotatable bonds is 4. The lowest BCUT2D eigenvalue weighted by Gasteiger charge is -1.99. The van der Waals surface area contributed by atoms with Crippen LogP contribution >= 0.6 is 11.5 Å². The lowest BCUT2D eigenvalue weighted by atomic mass is 10.4. The lowest BCUT2D eigenvalue weighted by Crippen LogP contribution is -2.01. The normalized spacial score (nSPS) is 10.2. The summed E-state index contributed by atoms with van der Waals surface area (Å²) in [5.74, 6) is 0.877. The molecule has 2 aromatic heterocycles. The zero-order valence-corrected chi connectivity index (χ0v) is 9.16. The Hall–Kier alpha value is -1.56. The zero-order chi connectivity index (χ0) is 10.5. The minimum atomic E-state index is 0.631. The van der Waals surface area contributed by atoms with E-state index in [4.69, 9.17) is 0 Å². The van der Waals surface area contributed by atoms with E-state index < -0.39 is 0 Å². The maximum absolute atomic E-state index is 4.29. The zero-order valence-electron chi connectivity index (χ0n) is 8.34. The summed E-state index contributed by atoms with van der Waals surface area (Å²) in [6.45, 7) is 2.67. The fraction of sp³-hybridized carbons (Fsp3) is 0.333. The lowest BCUT2D eigenvalue weighted by molar-refractivity contribution is 0.920. The van der Waals surface area contributed by atoms with Crippen LogP contribution in [0.4, 0.5) is 5.13 Å². The van der Waals surface area contributed by atoms with E-state index in [1.807, 2.05) is 19.1 Å². The quantitative estimate of drug-likeness (QED) is 0.847. The van der Waals surface area contributed by atoms with Gasteiger partial charge in [0, 0.05) is 24.2 Å². The number of nitrogens with zero attached hydrogens (tertiary/aromatic N) is 4. The molecular formula is C9H11N5S. The maximum Gasteiger partial charge on any atom is 0.202 e. The Labute approximate surface area is 91.8 Å². The number of hydrogen-bond acceptors (Lipinski definition) is 6. The monoisotopic (exact) mass is 221 g/mol. The van der Waals surface area contributed by atoms with Crippen molar-refractivity contribution in [1.29, 1.82) is 0 Å². The Bertz CT molecular complexity index is 413. The highest BCUT2D eigenvalue weighted by molar-refractivity contribution is 7.09. The van der Waals surface area contributed by atoms with Crippen LogP contribution in [-0.4, -0.2) is 19.6 Å². The van der Waals surface area contributed by atoms with Crippen LogP contribution < -0.4 is 5.32 Å². The van der Waals surface area contributed by atoms with Gasteiger partial charge in [-0.1, -0.05) is 6.92 Å². The molecule has 0 amide bonds. The fourth-order valence-corrected chi connectivity index (χ4v) is 1.71. The molecule has 0 aliphatic heterocycles. The predicted molar refractivity (Wildman–Crippen MR) is 58.6 cm³/mol. The van der Waals surface area contributed by atoms with Crippen LogP contribution in [0.15, 0.2) is 18.3 Å². The second kappa shape index (κ2) is 4.79. The molecule has 2 heterocycles. The number of hydrogen-bond donors (Lipinski definition) is 1. The van der Waals surface area contributed by atoms with Crippen molar-refractivity contribution in [3.8, 4) is 0 Å². The van der Waals surface area contributed by atoms with Gasteiger partial charge in [0.1, 0.15) is 5.82 Å². The third-order valence-electron chi connectivity index (χ3n) is 1.83. The van der Waals surface area contributed by atoms with Crippen LogP contribution in [0.3, 0.4) is 0 Å². The van der Waals surface area contributed by atoms with Gasteiger partial charge in [-0.05, 0) is 12.1 Å². The first-order valence-corrected chi connectivity index (χ1v) is 5.49. The molecular weight excluding hydrogens is 210 g/mol. The van der Waals surface area contributed by atoms with Gasteiger partial charge in [0.2, 0.25) is 5.13 Å². The molecule has 0 bridgehead atoms. The minimum absolute atomic E-state index is 0.631. The first-order chi connectivity index (χ1) is 7.38. The van der Waals surface area contributed by atoms with Crippen LogP contribution in [0, 0.1) is 0 Å². The van der Waals surface area contributed by atoms with E-state index >= 15 is 0 Å². The van der Waals surface area contributed by atoms with Crippen LogP contribution in [0.5, 0.6) is 0 Å². The molecule has 2 rings (SSSR count). The van der Waals surface area contributed by atoms with Gasteiger partial charge in [0.15, 0.2) is 0 Å². The van der Waals surface area contributed by atoms with Crippen molar-refractivity contribution in [2.24, 2.45) is 0 Å². The second-order valence-electron chi connectivity index (χ2n) is 2.94. The summed E-state index contributed by atoms with van der Waals surface area (Å²) in [7, 11) is 0. The summed E-state index contributed by atoms with van der Waals surface area (Å²) in [5, 5.41) is 11.7. The largest absolute Gasteiger partial charge is 0.355 e. The highest BCUT2D eigenvalue weighted by atomic mass is 32.1. The van der Waals surface area contributed by atoms with Crippen LogP contribution in [-0.2, 0) is 13.0 Å². The van der Waals surface area contributed by atoms with Crippen molar-refractivity contribution in [2.45, 2.75) is 19.9 Å². The summed E-state index contributed by atoms with van der Waals surface area (Å²) in [5.41, 5.74) is 0.894. The van der Waals surface area contributed by atoms with E-state index in [0.29, 0.717) is 6.54 Å². The minimum Gasteiger partial charge on any atom is -0.355 e. The van der Waals surface area contributed by atoms with Crippen molar-refractivity contribution in [1.82, 2.24) is 19.6 Å². The van der Waals surface area contributed by atoms with Gasteiger partial charge in [-0.25, -0.2) is 4.98 Å². The highest BCUT2D eigenvalue weighted by Gasteiger charge is 2.01. The summed E-state index contributed by atoms with van der Waals surface area (Å²) >= 11 is 1.37. The Kier molecular flexibility index (Phi) is 3.18. The molecule has 0 unspecified atom stereocenters. The smallest absolute Gasteiger partial charge is 0.202 e. The number of anilines is 1. The van der Waals surface area contributed by atoms with Gasteiger partial charge in [0.25, 0.3) is 0 Å². The summed E-state index contributed by atoms with van der Waals surface area (Å²) in [6.07, 6.45) is 2.52. The van der Waals surface area contributed by atoms with Gasteiger partial charge in [0.05, 0.1) is 12.2 Å². The summed E-state index contributed by atoms with van der Waals surface area (Å²) < 4.78 is 4.18. The Balaban J connectivity index is 1.93. The molecule has 0 fully saturated rings. The predicted octanol–water partition coefficient (Wildman–Crippen LogP) is 1.50. The average molecular weight is 221 g/mol. The Morgan fingerprint density at radius 3 is 3.07 bits per heavy atom. The highest BCUT2D eigenvalue weighted by Crippen LogP contribution is 2.11. The third kappa shape index (κ3) is 2.69. The molecule has 0 aliphatic carbocycles. The SMILES string of the molecule is CCc1nsc(NCc2cccnn2)n1. The van der Waals surface area contributed by atoms with Gasteiger partial charge >= 0.3 is 0 Å². The number of nitrogens with one attached hydrogen (secondary N) is 1. The molecule has 15 heavy (non-hydrogen) atoms. The van der Waals surface area contributed by atoms with Crippen LogP contribution in [0.1, 0.15) is 18.4 Å². The van der Waals surface area contributed by atoms with E-state index in [2.05, 4.69) is 24.9 Å². The molecule has 5 nitrogen and oxygen atoms in total. The molecule has 6 heteroatoms. The number of aromatic nitrogens is 4. The van der Waals surface area contributed by atoms with E-state index in [-0.39, 0.29) is 0 Å². The van der Waals surface area contributed by atoms with Gasteiger partial charge in [-0.2, -0.15) is 14.6 Å². The molecule has 0 aliphatic rings. The Morgan fingerprint density at radius 2 is 2.40 bits per heavy atom. The standard InChI is InChI=1S/C9H11N5S/c1-2-8-12-9(15-14-8)10-6-7-4-3-5-11-13-7/h3-5H,2,6H2,1H3,(H,10,12,14). The Morgan fingerprint density at radius 1 is 1.47 bits per heavy atom. The number of aryl methyl sites for hydroxylation is 1. The van der Waals surface area contributed by atoms with Gasteiger partial charge < -0.3 is 5.32 Å². The molecule has 0 saturated carbocycles. The van der Waals surface area contributed by atoms with Gasteiger partial charge in [-0.15, -0.1) is 0 Å². The molecule has 2 aromatic rings. The second-order valence-corrected chi connectivity index (χ2v) is 3.69. The van der Waals surface area contributed by atoms with Crippen LogP contribution in [0.2, 0.25) is 0 Å². The fourth-order valence-electron chi connectivity index (χ4n) is 1.06. The molecule has 0 atom stereocenters. The maximum atomic E-state index is 4.29. The first kappa shape index (κ1) is 9.97. The third-order valence-corrected chi connectivity index (χ3v) is 2.54. The van der Waals surface area contributed by atoms with E-state index in [1.54, 1.807) is 6.20 Å². The van der Waals surface area contributed by atoms with Crippen molar-refractivity contribution in [3.05, 3.63) is 29.8 Å². The average Bonchev–Trinajstić information content (AvgIpc) is 2.76. The molecule has 78 valence electrons. The molecule has 0 saturated heterocycles. The van der Waals surface area contributed by atoms with Crippen molar-refractivity contribution in [3.63, 3.8) is 0 Å². The van der Waals surface area contributed by atoms with Crippen molar-refractivity contribution >= 4 is 16.7 Å².